The maximum atomic E-state index is 14.1. The van der Waals surface area contributed by atoms with E-state index >= 15 is 0 Å². The lowest BCUT2D eigenvalue weighted by Gasteiger charge is -2.48. The van der Waals surface area contributed by atoms with Crippen molar-refractivity contribution in [1.82, 2.24) is 5.32 Å². The summed E-state index contributed by atoms with van der Waals surface area (Å²) in [5, 5.41) is 23.6. The van der Waals surface area contributed by atoms with Crippen LogP contribution in [-0.2, 0) is 23.4 Å². The van der Waals surface area contributed by atoms with E-state index in [1.807, 2.05) is 0 Å². The summed E-state index contributed by atoms with van der Waals surface area (Å²) in [4.78, 5) is 13.4. The second-order valence-corrected chi connectivity index (χ2v) is 10.8. The molecule has 10 nitrogen and oxygen atoms in total. The number of fused-ring (bicyclic) bond motifs is 4. The highest BCUT2D eigenvalue weighted by molar-refractivity contribution is 7.49. The van der Waals surface area contributed by atoms with Crippen LogP contribution in [0.2, 0.25) is 0 Å². The minimum atomic E-state index is -4.42. The van der Waals surface area contributed by atoms with E-state index in [-0.39, 0.29) is 35.7 Å². The van der Waals surface area contributed by atoms with Crippen molar-refractivity contribution >= 4 is 13.7 Å². The summed E-state index contributed by atoms with van der Waals surface area (Å²) in [7, 11) is -4.42. The van der Waals surface area contributed by atoms with E-state index in [1.165, 1.54) is 0 Å². The first kappa shape index (κ1) is 23.9. The number of allylic oxidation sites excluding steroid dienone is 1. The zero-order chi connectivity index (χ0) is 25.6. The number of carbonyl (C=O) groups is 1. The Kier molecular flexibility index (Phi) is 6.10. The molecule has 2 aliphatic heterocycles. The number of piperidine rings is 1. The van der Waals surface area contributed by atoms with E-state index in [4.69, 9.17) is 23.0 Å². The molecule has 6 rings (SSSR count). The highest BCUT2D eigenvalue weighted by Gasteiger charge is 2.55. The third-order valence-corrected chi connectivity index (χ3v) is 8.40. The van der Waals surface area contributed by atoms with Crippen LogP contribution in [0.15, 0.2) is 84.0 Å². The minimum absolute atomic E-state index is 0.0215. The Labute approximate surface area is 213 Å². The van der Waals surface area contributed by atoms with Crippen LogP contribution in [0.3, 0.4) is 0 Å². The third-order valence-electron chi connectivity index (χ3n) is 7.11. The van der Waals surface area contributed by atoms with E-state index in [1.54, 1.807) is 66.7 Å². The molecule has 2 aromatic carbocycles. The summed E-state index contributed by atoms with van der Waals surface area (Å²) in [6, 6.07) is 16.2. The van der Waals surface area contributed by atoms with Gasteiger partial charge in [0.15, 0.2) is 11.5 Å². The number of aliphatic hydroxyl groups excluding tert-OH is 2. The molecule has 0 radical (unpaired) electrons. The number of phosphoric ester groups is 1. The fraction of sp³-hybridized carbons (Fsp3) is 0.346. The maximum Gasteiger partial charge on any atom is 0.646 e. The standard InChI is InChI=1S/C26H26NO9P/c28-19-12-11-17-18-13-20-24(33-14-32-20)25(21(18)26(30)27-22(17)23(19)29)36-37(31,34-15-7-3-1-4-8-15)35-16-9-5-2-6-10-16/h1-10,13,17-19,21-23,28-29H,11-12,14H2,(H,27,30). The fourth-order valence-corrected chi connectivity index (χ4v) is 6.75. The highest BCUT2D eigenvalue weighted by Crippen LogP contribution is 2.56. The van der Waals surface area contributed by atoms with Gasteiger partial charge in [-0.1, -0.05) is 36.4 Å². The number of aliphatic hydroxyl groups is 2. The number of rotatable bonds is 6. The van der Waals surface area contributed by atoms with E-state index in [9.17, 15) is 19.6 Å². The molecule has 37 heavy (non-hydrogen) atoms. The van der Waals surface area contributed by atoms with Gasteiger partial charge in [0, 0.05) is 5.92 Å². The average molecular weight is 527 g/mol. The predicted octanol–water partition coefficient (Wildman–Crippen LogP) is 3.25. The number of phosphoric acid groups is 1. The van der Waals surface area contributed by atoms with Gasteiger partial charge in [0.2, 0.25) is 18.5 Å². The van der Waals surface area contributed by atoms with Crippen molar-refractivity contribution in [3.8, 4) is 11.5 Å². The molecule has 6 unspecified atom stereocenters. The Hall–Kier alpha value is -3.46. The molecule has 6 atom stereocenters. The monoisotopic (exact) mass is 527 g/mol. The first-order chi connectivity index (χ1) is 17.9. The van der Waals surface area contributed by atoms with E-state index in [0.29, 0.717) is 18.6 Å². The van der Waals surface area contributed by atoms with Crippen molar-refractivity contribution in [2.75, 3.05) is 6.79 Å². The number of para-hydroxylation sites is 2. The summed E-state index contributed by atoms with van der Waals surface area (Å²) in [5.74, 6) is -1.09. The lowest BCUT2D eigenvalue weighted by Crippen LogP contribution is -2.63. The van der Waals surface area contributed by atoms with Crippen LogP contribution < -0.4 is 14.4 Å². The van der Waals surface area contributed by atoms with Crippen LogP contribution in [0, 0.1) is 17.8 Å². The number of benzene rings is 2. The number of nitrogens with one attached hydrogen (secondary N) is 1. The van der Waals surface area contributed by atoms with Gasteiger partial charge in [-0.2, -0.15) is 4.57 Å². The molecular formula is C26H26NO9P. The van der Waals surface area contributed by atoms with Gasteiger partial charge in [-0.15, -0.1) is 0 Å². The molecule has 0 bridgehead atoms. The predicted molar refractivity (Wildman–Crippen MR) is 129 cm³/mol. The summed E-state index contributed by atoms with van der Waals surface area (Å²) in [6.07, 6.45) is 0.687. The molecule has 4 aliphatic rings. The summed E-state index contributed by atoms with van der Waals surface area (Å²) in [6.45, 7) is -0.103. The van der Waals surface area contributed by atoms with Gasteiger partial charge < -0.3 is 38.6 Å². The van der Waals surface area contributed by atoms with Gasteiger partial charge in [0.05, 0.1) is 12.1 Å². The molecule has 11 heteroatoms. The quantitative estimate of drug-likeness (QED) is 0.484. The first-order valence-electron chi connectivity index (χ1n) is 12.1. The third kappa shape index (κ3) is 4.45. The van der Waals surface area contributed by atoms with Gasteiger partial charge in [0.25, 0.3) is 0 Å². The number of amides is 1. The van der Waals surface area contributed by atoms with Crippen LogP contribution in [0.5, 0.6) is 11.5 Å². The molecule has 1 saturated carbocycles. The zero-order valence-electron chi connectivity index (χ0n) is 19.6. The highest BCUT2D eigenvalue weighted by atomic mass is 31.2. The smallest absolute Gasteiger partial charge is 0.454 e. The van der Waals surface area contributed by atoms with Crippen LogP contribution in [0.4, 0.5) is 0 Å². The number of hydrogen-bond acceptors (Lipinski definition) is 9. The molecule has 1 amide bonds. The van der Waals surface area contributed by atoms with Crippen LogP contribution in [0.25, 0.3) is 0 Å². The summed E-state index contributed by atoms with van der Waals surface area (Å²) >= 11 is 0. The van der Waals surface area contributed by atoms with Crippen LogP contribution >= 0.6 is 7.82 Å². The van der Waals surface area contributed by atoms with Crippen LogP contribution in [-0.4, -0.2) is 41.2 Å². The van der Waals surface area contributed by atoms with E-state index < -0.39 is 43.8 Å². The SMILES string of the molecule is O=C1NC2C(O)C(O)CCC2C2C=C3OCOC3=C(OP(=O)(Oc3ccccc3)Oc3ccccc3)C12. The second kappa shape index (κ2) is 9.45. The molecule has 194 valence electrons. The zero-order valence-corrected chi connectivity index (χ0v) is 20.5. The molecule has 0 spiro atoms. The molecular weight excluding hydrogens is 501 g/mol. The second-order valence-electron chi connectivity index (χ2n) is 9.37. The Balaban J connectivity index is 1.38. The maximum absolute atomic E-state index is 14.1. The van der Waals surface area contributed by atoms with Gasteiger partial charge in [-0.05, 0) is 49.1 Å². The molecule has 2 saturated heterocycles. The normalized spacial score (nSPS) is 30.4. The Morgan fingerprint density at radius 3 is 2.19 bits per heavy atom. The molecule has 2 aromatic rings. The Bertz CT molecular complexity index is 1240. The van der Waals surface area contributed by atoms with Crippen molar-refractivity contribution in [2.45, 2.75) is 31.1 Å². The Morgan fingerprint density at radius 2 is 1.54 bits per heavy atom. The van der Waals surface area contributed by atoms with E-state index in [2.05, 4.69) is 5.32 Å². The molecule has 2 heterocycles. The molecule has 2 aliphatic carbocycles. The van der Waals surface area contributed by atoms with Gasteiger partial charge in [0.1, 0.15) is 23.5 Å². The number of carbonyl (C=O) groups excluding carboxylic acids is 1. The van der Waals surface area contributed by atoms with Crippen molar-refractivity contribution in [2.24, 2.45) is 17.8 Å². The first-order valence-corrected chi connectivity index (χ1v) is 13.6. The largest absolute Gasteiger partial charge is 0.646 e. The lowest BCUT2D eigenvalue weighted by molar-refractivity contribution is -0.139. The summed E-state index contributed by atoms with van der Waals surface area (Å²) in [5.41, 5.74) is 0. The van der Waals surface area contributed by atoms with E-state index in [0.717, 1.165) is 0 Å². The Morgan fingerprint density at radius 1 is 0.892 bits per heavy atom. The number of ether oxygens (including phenoxy) is 2. The van der Waals surface area contributed by atoms with Crippen molar-refractivity contribution < 1.29 is 42.6 Å². The van der Waals surface area contributed by atoms with Crippen LogP contribution in [0.1, 0.15) is 12.8 Å². The molecule has 3 N–H and O–H groups in total. The van der Waals surface area contributed by atoms with Crippen molar-refractivity contribution in [1.29, 1.82) is 0 Å². The molecule has 3 fully saturated rings. The lowest BCUT2D eigenvalue weighted by atomic mass is 9.65. The minimum Gasteiger partial charge on any atom is -0.454 e. The number of hydrogen-bond donors (Lipinski definition) is 3. The van der Waals surface area contributed by atoms with Crippen molar-refractivity contribution in [3.63, 3.8) is 0 Å². The van der Waals surface area contributed by atoms with Gasteiger partial charge >= 0.3 is 7.82 Å². The topological polar surface area (TPSA) is 133 Å². The fourth-order valence-electron chi connectivity index (χ4n) is 5.44. The van der Waals surface area contributed by atoms with Gasteiger partial charge in [-0.3, -0.25) is 4.79 Å². The average Bonchev–Trinajstić information content (AvgIpc) is 3.36. The van der Waals surface area contributed by atoms with Gasteiger partial charge in [-0.25, -0.2) is 0 Å². The summed E-state index contributed by atoms with van der Waals surface area (Å²) < 4.78 is 43.0. The van der Waals surface area contributed by atoms with Crippen molar-refractivity contribution in [3.05, 3.63) is 84.0 Å². The molecule has 0 aromatic heterocycles.